The number of aromatic nitrogens is 2. The Bertz CT molecular complexity index is 802. The summed E-state index contributed by atoms with van der Waals surface area (Å²) in [4.78, 5) is 9.16. The Balaban J connectivity index is 1.88. The second-order valence-electron chi connectivity index (χ2n) is 4.97. The third-order valence-electron chi connectivity index (χ3n) is 3.29. The molecule has 0 aliphatic heterocycles. The van der Waals surface area contributed by atoms with Crippen molar-refractivity contribution in [2.45, 2.75) is 20.5 Å². The van der Waals surface area contributed by atoms with Crippen molar-refractivity contribution in [3.63, 3.8) is 0 Å². The molecular formula is C17H15ClN2O. The van der Waals surface area contributed by atoms with Crippen molar-refractivity contribution in [3.8, 4) is 5.75 Å². The largest absolute Gasteiger partial charge is 0.486 e. The fraction of sp³-hybridized carbons (Fsp3) is 0.176. The van der Waals surface area contributed by atoms with Crippen LogP contribution in [0, 0.1) is 13.8 Å². The Kier molecular flexibility index (Phi) is 3.76. The van der Waals surface area contributed by atoms with Gasteiger partial charge < -0.3 is 4.74 Å². The SMILES string of the molecule is Cc1ccc(Cl)c(OCc2nc3ccccc3nc2C)c1. The number of aryl methyl sites for hydroxylation is 2. The molecule has 2 aromatic carbocycles. The van der Waals surface area contributed by atoms with Crippen molar-refractivity contribution in [3.05, 3.63) is 64.4 Å². The lowest BCUT2D eigenvalue weighted by Crippen LogP contribution is -2.04. The number of para-hydroxylation sites is 2. The zero-order valence-electron chi connectivity index (χ0n) is 11.9. The minimum atomic E-state index is 0.354. The summed E-state index contributed by atoms with van der Waals surface area (Å²) in [6.45, 7) is 4.30. The molecule has 0 atom stereocenters. The van der Waals surface area contributed by atoms with Crippen molar-refractivity contribution in [2.24, 2.45) is 0 Å². The first-order chi connectivity index (χ1) is 10.1. The molecule has 0 bridgehead atoms. The average molecular weight is 299 g/mol. The zero-order valence-corrected chi connectivity index (χ0v) is 12.7. The molecular weight excluding hydrogens is 284 g/mol. The Hall–Kier alpha value is -2.13. The lowest BCUT2D eigenvalue weighted by atomic mass is 10.2. The number of benzene rings is 2. The molecule has 0 aliphatic rings. The Morgan fingerprint density at radius 2 is 1.71 bits per heavy atom. The maximum Gasteiger partial charge on any atom is 0.138 e. The van der Waals surface area contributed by atoms with Crippen molar-refractivity contribution in [2.75, 3.05) is 0 Å². The first-order valence-corrected chi connectivity index (χ1v) is 7.12. The molecule has 0 spiro atoms. The molecule has 0 radical (unpaired) electrons. The van der Waals surface area contributed by atoms with Gasteiger partial charge in [0.15, 0.2) is 0 Å². The maximum atomic E-state index is 6.14. The predicted octanol–water partition coefficient (Wildman–Crippen LogP) is 4.48. The number of rotatable bonds is 3. The fourth-order valence-electron chi connectivity index (χ4n) is 2.13. The highest BCUT2D eigenvalue weighted by Crippen LogP contribution is 2.26. The van der Waals surface area contributed by atoms with Crippen LogP contribution in [0.3, 0.4) is 0 Å². The Morgan fingerprint density at radius 3 is 2.48 bits per heavy atom. The van der Waals surface area contributed by atoms with Gasteiger partial charge in [-0.25, -0.2) is 9.97 Å². The van der Waals surface area contributed by atoms with Gasteiger partial charge in [-0.3, -0.25) is 0 Å². The smallest absolute Gasteiger partial charge is 0.138 e. The second kappa shape index (κ2) is 5.70. The van der Waals surface area contributed by atoms with Crippen LogP contribution >= 0.6 is 11.6 Å². The van der Waals surface area contributed by atoms with E-state index in [0.717, 1.165) is 28.0 Å². The van der Waals surface area contributed by atoms with Gasteiger partial charge in [0, 0.05) is 0 Å². The summed E-state index contributed by atoms with van der Waals surface area (Å²) in [5.41, 5.74) is 4.57. The first-order valence-electron chi connectivity index (χ1n) is 6.75. The van der Waals surface area contributed by atoms with Gasteiger partial charge in [-0.1, -0.05) is 29.8 Å². The van der Waals surface area contributed by atoms with Crippen LogP contribution in [-0.2, 0) is 6.61 Å². The van der Waals surface area contributed by atoms with E-state index >= 15 is 0 Å². The van der Waals surface area contributed by atoms with Gasteiger partial charge in [0.25, 0.3) is 0 Å². The van der Waals surface area contributed by atoms with E-state index < -0.39 is 0 Å². The topological polar surface area (TPSA) is 35.0 Å². The summed E-state index contributed by atoms with van der Waals surface area (Å²) in [6, 6.07) is 13.5. The molecule has 4 heteroatoms. The summed E-state index contributed by atoms with van der Waals surface area (Å²) in [5.74, 6) is 0.672. The van der Waals surface area contributed by atoms with Crippen LogP contribution in [-0.4, -0.2) is 9.97 Å². The number of fused-ring (bicyclic) bond motifs is 1. The zero-order chi connectivity index (χ0) is 14.8. The number of hydrogen-bond donors (Lipinski definition) is 0. The minimum Gasteiger partial charge on any atom is -0.486 e. The van der Waals surface area contributed by atoms with Crippen molar-refractivity contribution in [1.29, 1.82) is 0 Å². The van der Waals surface area contributed by atoms with E-state index in [-0.39, 0.29) is 0 Å². The quantitative estimate of drug-likeness (QED) is 0.715. The molecule has 1 aromatic heterocycles. The minimum absolute atomic E-state index is 0.354. The summed E-state index contributed by atoms with van der Waals surface area (Å²) in [5, 5.41) is 0.604. The van der Waals surface area contributed by atoms with E-state index in [1.54, 1.807) is 0 Å². The number of hydrogen-bond acceptors (Lipinski definition) is 3. The molecule has 3 rings (SSSR count). The van der Waals surface area contributed by atoms with Gasteiger partial charge in [0.1, 0.15) is 12.4 Å². The molecule has 0 fully saturated rings. The van der Waals surface area contributed by atoms with Crippen molar-refractivity contribution < 1.29 is 4.74 Å². The van der Waals surface area contributed by atoms with Crippen molar-refractivity contribution in [1.82, 2.24) is 9.97 Å². The van der Waals surface area contributed by atoms with E-state index in [4.69, 9.17) is 16.3 Å². The first kappa shape index (κ1) is 13.8. The molecule has 0 aliphatic carbocycles. The number of ether oxygens (including phenoxy) is 1. The molecule has 1 heterocycles. The van der Waals surface area contributed by atoms with E-state index in [9.17, 15) is 0 Å². The Labute approximate surface area is 128 Å². The van der Waals surface area contributed by atoms with Gasteiger partial charge in [0.2, 0.25) is 0 Å². The summed E-state index contributed by atoms with van der Waals surface area (Å²) in [6.07, 6.45) is 0. The highest BCUT2D eigenvalue weighted by atomic mass is 35.5. The van der Waals surface area contributed by atoms with Gasteiger partial charge >= 0.3 is 0 Å². The molecule has 106 valence electrons. The van der Waals surface area contributed by atoms with Crippen LogP contribution in [0.4, 0.5) is 0 Å². The second-order valence-corrected chi connectivity index (χ2v) is 5.37. The van der Waals surface area contributed by atoms with Gasteiger partial charge in [-0.05, 0) is 43.7 Å². The summed E-state index contributed by atoms with van der Waals surface area (Å²) in [7, 11) is 0. The molecule has 0 saturated heterocycles. The molecule has 0 unspecified atom stereocenters. The lowest BCUT2D eigenvalue weighted by molar-refractivity contribution is 0.300. The van der Waals surface area contributed by atoms with E-state index in [2.05, 4.69) is 9.97 Å². The van der Waals surface area contributed by atoms with Crippen LogP contribution in [0.25, 0.3) is 11.0 Å². The third-order valence-corrected chi connectivity index (χ3v) is 3.61. The number of halogens is 1. The van der Waals surface area contributed by atoms with Crippen LogP contribution in [0.2, 0.25) is 5.02 Å². The van der Waals surface area contributed by atoms with Crippen LogP contribution in [0.15, 0.2) is 42.5 Å². The van der Waals surface area contributed by atoms with E-state index in [1.807, 2.05) is 56.3 Å². The Morgan fingerprint density at radius 1 is 1.00 bits per heavy atom. The highest BCUT2D eigenvalue weighted by Gasteiger charge is 2.08. The molecule has 0 amide bonds. The average Bonchev–Trinajstić information content (AvgIpc) is 2.48. The molecule has 0 saturated carbocycles. The van der Waals surface area contributed by atoms with E-state index in [0.29, 0.717) is 17.4 Å². The fourth-order valence-corrected chi connectivity index (χ4v) is 2.30. The monoisotopic (exact) mass is 298 g/mol. The highest BCUT2D eigenvalue weighted by molar-refractivity contribution is 6.32. The van der Waals surface area contributed by atoms with Crippen LogP contribution < -0.4 is 4.74 Å². The van der Waals surface area contributed by atoms with E-state index in [1.165, 1.54) is 0 Å². The molecule has 21 heavy (non-hydrogen) atoms. The third kappa shape index (κ3) is 2.98. The van der Waals surface area contributed by atoms with Gasteiger partial charge in [-0.15, -0.1) is 0 Å². The van der Waals surface area contributed by atoms with Crippen molar-refractivity contribution >= 4 is 22.6 Å². The summed E-state index contributed by atoms with van der Waals surface area (Å²) < 4.78 is 5.80. The standard InChI is InChI=1S/C17H15ClN2O/c1-11-7-8-13(18)17(9-11)21-10-16-12(2)19-14-5-3-4-6-15(14)20-16/h3-9H,10H2,1-2H3. The number of nitrogens with zero attached hydrogens (tertiary/aromatic N) is 2. The van der Waals surface area contributed by atoms with Gasteiger partial charge in [0.05, 0.1) is 27.4 Å². The molecule has 3 aromatic rings. The van der Waals surface area contributed by atoms with Crippen LogP contribution in [0.5, 0.6) is 5.75 Å². The predicted molar refractivity (Wildman–Crippen MR) is 84.8 cm³/mol. The van der Waals surface area contributed by atoms with Gasteiger partial charge in [-0.2, -0.15) is 0 Å². The summed E-state index contributed by atoms with van der Waals surface area (Å²) >= 11 is 6.14. The molecule has 3 nitrogen and oxygen atoms in total. The lowest BCUT2D eigenvalue weighted by Gasteiger charge is -2.10. The molecule has 0 N–H and O–H groups in total. The van der Waals surface area contributed by atoms with Crippen LogP contribution in [0.1, 0.15) is 17.0 Å². The normalized spacial score (nSPS) is 10.8. The maximum absolute atomic E-state index is 6.14.